The van der Waals surface area contributed by atoms with Crippen molar-refractivity contribution >= 4 is 85.8 Å². The first-order chi connectivity index (χ1) is 27.7. The summed E-state index contributed by atoms with van der Waals surface area (Å²) in [5.74, 6) is 1.86. The van der Waals surface area contributed by atoms with E-state index in [0.717, 1.165) is 55.1 Å². The third-order valence-electron chi connectivity index (χ3n) is 11.1. The van der Waals surface area contributed by atoms with Crippen LogP contribution in [0.1, 0.15) is 0 Å². The van der Waals surface area contributed by atoms with E-state index in [1.165, 1.54) is 47.1 Å². The van der Waals surface area contributed by atoms with Crippen LogP contribution in [-0.4, -0.2) is 15.0 Å². The molecule has 0 fully saturated rings. The van der Waals surface area contributed by atoms with Gasteiger partial charge in [0.15, 0.2) is 17.5 Å². The van der Waals surface area contributed by atoms with Gasteiger partial charge < -0.3 is 4.42 Å². The molecule has 12 aromatic rings. The second kappa shape index (κ2) is 12.2. The normalized spacial score (nSPS) is 11.9. The van der Waals surface area contributed by atoms with Crippen molar-refractivity contribution in [3.05, 3.63) is 176 Å². The van der Waals surface area contributed by atoms with E-state index in [0.29, 0.717) is 17.5 Å². The molecule has 0 saturated carbocycles. The Hall–Kier alpha value is -7.21. The molecule has 0 spiro atoms. The van der Waals surface area contributed by atoms with Gasteiger partial charge in [-0.15, -0.1) is 11.3 Å². The lowest BCUT2D eigenvalue weighted by atomic mass is 9.91. The number of hydrogen-bond acceptors (Lipinski definition) is 5. The molecule has 3 heterocycles. The highest BCUT2D eigenvalue weighted by Gasteiger charge is 2.21. The van der Waals surface area contributed by atoms with E-state index >= 15 is 0 Å². The van der Waals surface area contributed by atoms with E-state index < -0.39 is 0 Å². The van der Waals surface area contributed by atoms with Crippen molar-refractivity contribution in [1.82, 2.24) is 15.0 Å². The average Bonchev–Trinajstić information content (AvgIpc) is 3.85. The number of fused-ring (bicyclic) bond motifs is 12. The second-order valence-electron chi connectivity index (χ2n) is 14.3. The molecule has 0 aliphatic carbocycles. The molecule has 4 nitrogen and oxygen atoms in total. The molecule has 0 atom stereocenters. The Labute approximate surface area is 325 Å². The van der Waals surface area contributed by atoms with Gasteiger partial charge in [0.1, 0.15) is 11.2 Å². The summed E-state index contributed by atoms with van der Waals surface area (Å²) in [5, 5.41) is 11.8. The van der Waals surface area contributed by atoms with Gasteiger partial charge in [-0.05, 0) is 79.8 Å². The molecule has 0 N–H and O–H groups in total. The molecule has 0 amide bonds. The average molecular weight is 732 g/mol. The fourth-order valence-electron chi connectivity index (χ4n) is 8.58. The van der Waals surface area contributed by atoms with Crippen molar-refractivity contribution < 1.29 is 4.42 Å². The number of para-hydroxylation sites is 1. The fraction of sp³-hybridized carbons (Fsp3) is 0. The zero-order chi connectivity index (χ0) is 36.7. The Bertz CT molecular complexity index is 3510. The van der Waals surface area contributed by atoms with Crippen LogP contribution in [0.2, 0.25) is 0 Å². The van der Waals surface area contributed by atoms with E-state index in [9.17, 15) is 0 Å². The zero-order valence-corrected chi connectivity index (χ0v) is 30.7. The lowest BCUT2D eigenvalue weighted by molar-refractivity contribution is 0.669. The third kappa shape index (κ3) is 4.75. The quantitative estimate of drug-likeness (QED) is 0.169. The summed E-state index contributed by atoms with van der Waals surface area (Å²) < 4.78 is 9.09. The second-order valence-corrected chi connectivity index (χ2v) is 15.4. The number of nitrogens with zero attached hydrogens (tertiary/aromatic N) is 3. The predicted octanol–water partition coefficient (Wildman–Crippen LogP) is 14.3. The van der Waals surface area contributed by atoms with Crippen molar-refractivity contribution in [2.45, 2.75) is 0 Å². The SMILES string of the molecule is c1ccc(-c2nc(-c3cc(-c4ccc5c6ccccc6c6ccccc6c5c4)cc4oc5ccccc5c34)nc(-c3cccc4sc5ccccc5c34)n2)cc1. The maximum absolute atomic E-state index is 6.65. The summed E-state index contributed by atoms with van der Waals surface area (Å²) in [6.45, 7) is 0. The highest BCUT2D eigenvalue weighted by molar-refractivity contribution is 7.25. The number of thiophene rings is 1. The van der Waals surface area contributed by atoms with Crippen LogP contribution in [0.3, 0.4) is 0 Å². The Morgan fingerprint density at radius 1 is 0.321 bits per heavy atom. The molecule has 5 heteroatoms. The highest BCUT2D eigenvalue weighted by atomic mass is 32.1. The summed E-state index contributed by atoms with van der Waals surface area (Å²) in [4.78, 5) is 15.8. The molecular weight excluding hydrogens is 703 g/mol. The van der Waals surface area contributed by atoms with Crippen molar-refractivity contribution in [3.63, 3.8) is 0 Å². The summed E-state index contributed by atoms with van der Waals surface area (Å²) >= 11 is 1.79. The highest BCUT2D eigenvalue weighted by Crippen LogP contribution is 2.43. The maximum Gasteiger partial charge on any atom is 0.164 e. The number of furan rings is 1. The summed E-state index contributed by atoms with van der Waals surface area (Å²) in [6, 6.07) is 62.1. The Morgan fingerprint density at radius 2 is 0.911 bits per heavy atom. The Kier molecular flexibility index (Phi) is 6.76. The molecule has 0 aliphatic rings. The molecule has 3 aromatic heterocycles. The van der Waals surface area contributed by atoms with Gasteiger partial charge in [-0.25, -0.2) is 15.0 Å². The van der Waals surface area contributed by atoms with Gasteiger partial charge in [-0.3, -0.25) is 0 Å². The molecule has 0 unspecified atom stereocenters. The Balaban J connectivity index is 1.15. The van der Waals surface area contributed by atoms with E-state index in [1.807, 2.05) is 30.3 Å². The standard InChI is InChI=1S/C51H29N3OS/c1-2-13-30(14-3-1)49-52-50(40-21-12-24-46-48(40)39-20-9-11-23-45(39)56-46)54-51(53-49)42-28-32(29-44-47(42)38-19-8-10-22-43(38)55-44)31-25-26-37-35-17-5-4-15-33(35)34-16-6-7-18-36(34)41(37)27-31/h1-29H. The number of rotatable bonds is 4. The minimum atomic E-state index is 0.598. The van der Waals surface area contributed by atoms with Crippen LogP contribution in [0.5, 0.6) is 0 Å². The van der Waals surface area contributed by atoms with E-state index in [4.69, 9.17) is 19.4 Å². The topological polar surface area (TPSA) is 51.8 Å². The first-order valence-corrected chi connectivity index (χ1v) is 19.6. The van der Waals surface area contributed by atoms with Crippen LogP contribution in [0.25, 0.3) is 120 Å². The number of aromatic nitrogens is 3. The predicted molar refractivity (Wildman–Crippen MR) is 234 cm³/mol. The lowest BCUT2D eigenvalue weighted by Gasteiger charge is -2.13. The largest absolute Gasteiger partial charge is 0.456 e. The van der Waals surface area contributed by atoms with E-state index in [-0.39, 0.29) is 0 Å². The molecule has 0 radical (unpaired) electrons. The van der Waals surface area contributed by atoms with Crippen LogP contribution in [0, 0.1) is 0 Å². The first kappa shape index (κ1) is 31.2. The molecule has 260 valence electrons. The fourth-order valence-corrected chi connectivity index (χ4v) is 9.71. The maximum atomic E-state index is 6.65. The molecule has 0 aliphatic heterocycles. The van der Waals surface area contributed by atoms with Crippen LogP contribution in [0.4, 0.5) is 0 Å². The van der Waals surface area contributed by atoms with Crippen molar-refractivity contribution in [2.75, 3.05) is 0 Å². The minimum Gasteiger partial charge on any atom is -0.456 e. The first-order valence-electron chi connectivity index (χ1n) is 18.8. The molecule has 0 saturated heterocycles. The van der Waals surface area contributed by atoms with Crippen molar-refractivity contribution in [3.8, 4) is 45.3 Å². The van der Waals surface area contributed by atoms with E-state index in [2.05, 4.69) is 146 Å². The van der Waals surface area contributed by atoms with Crippen LogP contribution >= 0.6 is 11.3 Å². The number of hydrogen-bond donors (Lipinski definition) is 0. The van der Waals surface area contributed by atoms with Gasteiger partial charge in [-0.1, -0.05) is 140 Å². The molecule has 12 rings (SSSR count). The molecule has 56 heavy (non-hydrogen) atoms. The number of benzene rings is 9. The minimum absolute atomic E-state index is 0.598. The van der Waals surface area contributed by atoms with Gasteiger partial charge in [-0.2, -0.15) is 0 Å². The zero-order valence-electron chi connectivity index (χ0n) is 29.9. The summed E-state index contributed by atoms with van der Waals surface area (Å²) in [7, 11) is 0. The smallest absolute Gasteiger partial charge is 0.164 e. The van der Waals surface area contributed by atoms with Crippen LogP contribution < -0.4 is 0 Å². The van der Waals surface area contributed by atoms with Crippen LogP contribution in [-0.2, 0) is 0 Å². The van der Waals surface area contributed by atoms with Gasteiger partial charge >= 0.3 is 0 Å². The summed E-state index contributed by atoms with van der Waals surface area (Å²) in [5.41, 5.74) is 6.54. The lowest BCUT2D eigenvalue weighted by Crippen LogP contribution is -2.01. The van der Waals surface area contributed by atoms with Gasteiger partial charge in [0.25, 0.3) is 0 Å². The van der Waals surface area contributed by atoms with Crippen molar-refractivity contribution in [2.24, 2.45) is 0 Å². The van der Waals surface area contributed by atoms with E-state index in [1.54, 1.807) is 11.3 Å². The molecule has 0 bridgehead atoms. The van der Waals surface area contributed by atoms with Gasteiger partial charge in [0.05, 0.1) is 0 Å². The molecule has 9 aromatic carbocycles. The van der Waals surface area contributed by atoms with Gasteiger partial charge in [0.2, 0.25) is 0 Å². The van der Waals surface area contributed by atoms with Gasteiger partial charge in [0, 0.05) is 47.6 Å². The van der Waals surface area contributed by atoms with Crippen molar-refractivity contribution in [1.29, 1.82) is 0 Å². The monoisotopic (exact) mass is 731 g/mol. The van der Waals surface area contributed by atoms with Crippen LogP contribution in [0.15, 0.2) is 180 Å². The Morgan fingerprint density at radius 3 is 1.68 bits per heavy atom. The summed E-state index contributed by atoms with van der Waals surface area (Å²) in [6.07, 6.45) is 0. The molecular formula is C51H29N3OS. The third-order valence-corrected chi connectivity index (χ3v) is 12.2.